The van der Waals surface area contributed by atoms with Gasteiger partial charge in [-0.3, -0.25) is 0 Å². The first-order valence-electron chi connectivity index (χ1n) is 8.05. The third-order valence-electron chi connectivity index (χ3n) is 4.38. The zero-order chi connectivity index (χ0) is 14.2. The first kappa shape index (κ1) is 13.1. The second kappa shape index (κ2) is 5.30. The Kier molecular flexibility index (Phi) is 3.30. The fourth-order valence-corrected chi connectivity index (χ4v) is 2.94. The van der Waals surface area contributed by atoms with Crippen LogP contribution in [0.25, 0.3) is 0 Å². The Labute approximate surface area is 124 Å². The fourth-order valence-electron chi connectivity index (χ4n) is 2.94. The van der Waals surface area contributed by atoms with Gasteiger partial charge in [0, 0.05) is 24.4 Å². The predicted octanol–water partition coefficient (Wildman–Crippen LogP) is 2.86. The average molecular weight is 286 g/mol. The molecule has 2 aromatic heterocycles. The summed E-state index contributed by atoms with van der Waals surface area (Å²) in [5.74, 6) is 2.94. The molecule has 0 bridgehead atoms. The van der Waals surface area contributed by atoms with Crippen molar-refractivity contribution >= 4 is 0 Å². The van der Waals surface area contributed by atoms with Crippen molar-refractivity contribution in [1.29, 1.82) is 0 Å². The van der Waals surface area contributed by atoms with Crippen molar-refractivity contribution in [1.82, 2.24) is 20.0 Å². The number of hydrogen-bond acceptors (Lipinski definition) is 4. The molecule has 1 atom stereocenters. The summed E-state index contributed by atoms with van der Waals surface area (Å²) in [4.78, 5) is 4.49. The van der Waals surface area contributed by atoms with E-state index in [1.807, 2.05) is 0 Å². The average Bonchev–Trinajstić information content (AvgIpc) is 3.41. The highest BCUT2D eigenvalue weighted by atomic mass is 16.5. The van der Waals surface area contributed by atoms with Crippen LogP contribution in [0.3, 0.4) is 0 Å². The molecule has 2 aromatic rings. The maximum Gasteiger partial charge on any atom is 0.229 e. The SMILES string of the molecule is CCNC(c1ccn(Cc2noc(C3CC3)n2)c1)C1CC1. The topological polar surface area (TPSA) is 55.9 Å². The summed E-state index contributed by atoms with van der Waals surface area (Å²) >= 11 is 0. The highest BCUT2D eigenvalue weighted by molar-refractivity contribution is 5.19. The Bertz CT molecular complexity index is 609. The van der Waals surface area contributed by atoms with E-state index < -0.39 is 0 Å². The number of aromatic nitrogens is 3. The van der Waals surface area contributed by atoms with Gasteiger partial charge in [0.1, 0.15) is 0 Å². The van der Waals surface area contributed by atoms with Crippen LogP contribution in [0.4, 0.5) is 0 Å². The van der Waals surface area contributed by atoms with Crippen LogP contribution in [0.2, 0.25) is 0 Å². The highest BCUT2D eigenvalue weighted by Gasteiger charge is 2.32. The van der Waals surface area contributed by atoms with Crippen LogP contribution in [0, 0.1) is 5.92 Å². The van der Waals surface area contributed by atoms with Crippen molar-refractivity contribution < 1.29 is 4.52 Å². The molecule has 1 N–H and O–H groups in total. The molecule has 0 spiro atoms. The lowest BCUT2D eigenvalue weighted by molar-refractivity contribution is 0.373. The van der Waals surface area contributed by atoms with E-state index in [0.717, 1.165) is 24.2 Å². The molecular formula is C16H22N4O. The highest BCUT2D eigenvalue weighted by Crippen LogP contribution is 2.41. The molecule has 0 radical (unpaired) electrons. The second-order valence-electron chi connectivity index (χ2n) is 6.31. The van der Waals surface area contributed by atoms with Gasteiger partial charge in [-0.2, -0.15) is 4.98 Å². The van der Waals surface area contributed by atoms with E-state index in [2.05, 4.69) is 45.4 Å². The Morgan fingerprint density at radius 1 is 1.38 bits per heavy atom. The zero-order valence-electron chi connectivity index (χ0n) is 12.5. The zero-order valence-corrected chi connectivity index (χ0v) is 12.5. The molecule has 2 saturated carbocycles. The van der Waals surface area contributed by atoms with Gasteiger partial charge in [-0.25, -0.2) is 0 Å². The van der Waals surface area contributed by atoms with Crippen molar-refractivity contribution in [2.24, 2.45) is 5.92 Å². The van der Waals surface area contributed by atoms with Gasteiger partial charge in [-0.15, -0.1) is 0 Å². The molecular weight excluding hydrogens is 264 g/mol. The van der Waals surface area contributed by atoms with E-state index in [4.69, 9.17) is 4.52 Å². The van der Waals surface area contributed by atoms with Crippen molar-refractivity contribution in [2.45, 2.75) is 51.1 Å². The number of hydrogen-bond donors (Lipinski definition) is 1. The summed E-state index contributed by atoms with van der Waals surface area (Å²) in [5.41, 5.74) is 1.38. The monoisotopic (exact) mass is 286 g/mol. The molecule has 0 aromatic carbocycles. The van der Waals surface area contributed by atoms with Crippen molar-refractivity contribution in [3.8, 4) is 0 Å². The van der Waals surface area contributed by atoms with Crippen LogP contribution < -0.4 is 5.32 Å². The Hall–Kier alpha value is -1.62. The third kappa shape index (κ3) is 2.88. The molecule has 0 saturated heterocycles. The van der Waals surface area contributed by atoms with Crippen molar-refractivity contribution in [3.05, 3.63) is 35.7 Å². The van der Waals surface area contributed by atoms with Crippen LogP contribution in [0.1, 0.15) is 61.8 Å². The number of nitrogens with zero attached hydrogens (tertiary/aromatic N) is 3. The molecule has 112 valence electrons. The first-order chi connectivity index (χ1) is 10.3. The molecule has 2 aliphatic carbocycles. The van der Waals surface area contributed by atoms with Crippen LogP contribution in [0.15, 0.2) is 23.0 Å². The predicted molar refractivity (Wildman–Crippen MR) is 78.9 cm³/mol. The molecule has 2 heterocycles. The minimum absolute atomic E-state index is 0.503. The van der Waals surface area contributed by atoms with Crippen LogP contribution in [-0.2, 0) is 6.54 Å². The summed E-state index contributed by atoms with van der Waals surface area (Å²) in [6.45, 7) is 3.88. The summed E-state index contributed by atoms with van der Waals surface area (Å²) in [6.07, 6.45) is 9.42. The van der Waals surface area contributed by atoms with E-state index >= 15 is 0 Å². The molecule has 1 unspecified atom stereocenters. The van der Waals surface area contributed by atoms with Crippen LogP contribution >= 0.6 is 0 Å². The van der Waals surface area contributed by atoms with Gasteiger partial charge in [0.05, 0.1) is 6.54 Å². The number of rotatable bonds is 7. The van der Waals surface area contributed by atoms with E-state index in [9.17, 15) is 0 Å². The van der Waals surface area contributed by atoms with Gasteiger partial charge >= 0.3 is 0 Å². The fraction of sp³-hybridized carbons (Fsp3) is 0.625. The maximum absolute atomic E-state index is 5.32. The molecule has 0 amide bonds. The molecule has 21 heavy (non-hydrogen) atoms. The number of nitrogens with one attached hydrogen (secondary N) is 1. The first-order valence-corrected chi connectivity index (χ1v) is 8.05. The van der Waals surface area contributed by atoms with Gasteiger partial charge in [0.25, 0.3) is 0 Å². The molecule has 0 aliphatic heterocycles. The Balaban J connectivity index is 1.45. The molecule has 4 rings (SSSR count). The lowest BCUT2D eigenvalue weighted by Gasteiger charge is -2.15. The lowest BCUT2D eigenvalue weighted by Crippen LogP contribution is -2.22. The maximum atomic E-state index is 5.32. The van der Waals surface area contributed by atoms with E-state index in [1.54, 1.807) is 0 Å². The Morgan fingerprint density at radius 2 is 2.24 bits per heavy atom. The molecule has 5 heteroatoms. The van der Waals surface area contributed by atoms with Gasteiger partial charge in [-0.1, -0.05) is 12.1 Å². The quantitative estimate of drug-likeness (QED) is 0.850. The van der Waals surface area contributed by atoms with E-state index in [1.165, 1.54) is 31.2 Å². The normalized spacial score (nSPS) is 19.9. The van der Waals surface area contributed by atoms with Gasteiger partial charge in [-0.05, 0) is 49.8 Å². The van der Waals surface area contributed by atoms with Gasteiger partial charge in [0.15, 0.2) is 5.82 Å². The molecule has 2 aliphatic rings. The molecule has 2 fully saturated rings. The second-order valence-corrected chi connectivity index (χ2v) is 6.31. The third-order valence-corrected chi connectivity index (χ3v) is 4.38. The van der Waals surface area contributed by atoms with E-state index in [0.29, 0.717) is 18.5 Å². The van der Waals surface area contributed by atoms with Gasteiger partial charge in [0.2, 0.25) is 5.89 Å². The van der Waals surface area contributed by atoms with E-state index in [-0.39, 0.29) is 0 Å². The van der Waals surface area contributed by atoms with Crippen LogP contribution in [-0.4, -0.2) is 21.3 Å². The summed E-state index contributed by atoms with van der Waals surface area (Å²) in [7, 11) is 0. The standard InChI is InChI=1S/C16H22N4O/c1-2-17-15(11-3-4-11)13-7-8-20(9-13)10-14-18-16(21-19-14)12-5-6-12/h7-9,11-12,15,17H,2-6,10H2,1H3. The Morgan fingerprint density at radius 3 is 2.95 bits per heavy atom. The summed E-state index contributed by atoms with van der Waals surface area (Å²) in [5, 5.41) is 7.69. The minimum atomic E-state index is 0.503. The van der Waals surface area contributed by atoms with Crippen molar-refractivity contribution in [3.63, 3.8) is 0 Å². The minimum Gasteiger partial charge on any atom is -0.346 e. The summed E-state index contributed by atoms with van der Waals surface area (Å²) in [6, 6.07) is 2.72. The van der Waals surface area contributed by atoms with Crippen molar-refractivity contribution in [2.75, 3.05) is 6.54 Å². The smallest absolute Gasteiger partial charge is 0.229 e. The lowest BCUT2D eigenvalue weighted by atomic mass is 10.1. The van der Waals surface area contributed by atoms with Crippen LogP contribution in [0.5, 0.6) is 0 Å². The molecule has 5 nitrogen and oxygen atoms in total. The summed E-state index contributed by atoms with van der Waals surface area (Å²) < 4.78 is 7.47. The largest absolute Gasteiger partial charge is 0.346 e. The van der Waals surface area contributed by atoms with Gasteiger partial charge < -0.3 is 14.4 Å².